The molecule has 3 heterocycles. The molecule has 0 radical (unpaired) electrons. The topological polar surface area (TPSA) is 93.3 Å². The molecule has 2 atom stereocenters. The van der Waals surface area contributed by atoms with Crippen molar-refractivity contribution < 1.29 is 14.3 Å². The molecule has 8 heteroatoms. The number of imidazole rings is 1. The summed E-state index contributed by atoms with van der Waals surface area (Å²) in [5.41, 5.74) is 2.75. The molecule has 3 aromatic rings. The number of nitriles is 1. The Morgan fingerprint density at radius 2 is 2.12 bits per heavy atom. The predicted octanol–water partition coefficient (Wildman–Crippen LogP) is 4.67. The van der Waals surface area contributed by atoms with Gasteiger partial charge < -0.3 is 14.0 Å². The fraction of sp³-hybridized carbons (Fsp3) is 0.462. The van der Waals surface area contributed by atoms with Gasteiger partial charge in [0.2, 0.25) is 0 Å². The van der Waals surface area contributed by atoms with E-state index in [1.807, 2.05) is 37.5 Å². The van der Waals surface area contributed by atoms with E-state index in [0.717, 1.165) is 54.7 Å². The lowest BCUT2D eigenvalue weighted by Crippen LogP contribution is -2.44. The predicted molar refractivity (Wildman–Crippen MR) is 126 cm³/mol. The highest BCUT2D eigenvalue weighted by atomic mass is 16.6. The van der Waals surface area contributed by atoms with Crippen molar-refractivity contribution in [1.82, 2.24) is 19.4 Å². The Labute approximate surface area is 199 Å². The van der Waals surface area contributed by atoms with Gasteiger partial charge in [-0.2, -0.15) is 5.26 Å². The highest BCUT2D eigenvalue weighted by Gasteiger charge is 2.51. The van der Waals surface area contributed by atoms with E-state index in [-0.39, 0.29) is 11.5 Å². The van der Waals surface area contributed by atoms with Crippen LogP contribution in [0.4, 0.5) is 4.79 Å². The maximum atomic E-state index is 12.8. The smallest absolute Gasteiger partial charge is 0.410 e. The Bertz CT molecular complexity index is 1250. The number of carbonyl (C=O) groups excluding carboxylic acids is 1. The van der Waals surface area contributed by atoms with E-state index in [1.165, 1.54) is 0 Å². The number of aromatic nitrogens is 3. The minimum absolute atomic E-state index is 0.0534. The fourth-order valence-electron chi connectivity index (χ4n) is 5.58. The molecule has 8 nitrogen and oxygen atoms in total. The lowest BCUT2D eigenvalue weighted by molar-refractivity contribution is -0.0270. The van der Waals surface area contributed by atoms with E-state index in [9.17, 15) is 10.1 Å². The van der Waals surface area contributed by atoms with Crippen molar-refractivity contribution in [2.45, 2.75) is 58.2 Å². The van der Waals surface area contributed by atoms with Gasteiger partial charge in [0.1, 0.15) is 11.4 Å². The summed E-state index contributed by atoms with van der Waals surface area (Å²) in [7, 11) is 0. The van der Waals surface area contributed by atoms with E-state index in [4.69, 9.17) is 9.47 Å². The summed E-state index contributed by atoms with van der Waals surface area (Å²) < 4.78 is 13.6. The second-order valence-corrected chi connectivity index (χ2v) is 9.85. The van der Waals surface area contributed by atoms with Gasteiger partial charge in [-0.3, -0.25) is 9.88 Å². The number of carbonyl (C=O) groups is 1. The molecule has 2 aromatic heterocycles. The second-order valence-electron chi connectivity index (χ2n) is 9.85. The number of fused-ring (bicyclic) bond motifs is 1. The molecule has 0 bridgehead atoms. The molecule has 1 saturated heterocycles. The van der Waals surface area contributed by atoms with Gasteiger partial charge in [-0.25, -0.2) is 9.78 Å². The third-order valence-corrected chi connectivity index (χ3v) is 6.97. The molecule has 1 saturated carbocycles. The van der Waals surface area contributed by atoms with Crippen LogP contribution in [0.3, 0.4) is 0 Å². The Kier molecular flexibility index (Phi) is 5.64. The normalized spacial score (nSPS) is 24.4. The Morgan fingerprint density at radius 1 is 1.24 bits per heavy atom. The first-order valence-corrected chi connectivity index (χ1v) is 11.8. The summed E-state index contributed by atoms with van der Waals surface area (Å²) in [5, 5.41) is 9.29. The molecule has 176 valence electrons. The van der Waals surface area contributed by atoms with Crippen LogP contribution in [0, 0.1) is 16.7 Å². The summed E-state index contributed by atoms with van der Waals surface area (Å²) in [6.07, 6.45) is 6.97. The van der Waals surface area contributed by atoms with Crippen LogP contribution in [0.1, 0.15) is 50.8 Å². The minimum Gasteiger partial charge on any atom is -0.492 e. The standard InChI is InChI=1S/C26H29N5O3/c1-3-33-21-7-6-20(28-13-21)14-30-17-26(34-24(30)32)10-4-9-25(2,15-26)16-31-18-29-22-8-5-19(12-27)11-23(22)31/h5-8,11,13,18H,3-4,9-10,14-17H2,1-2H3/t25-,26-/m0/s1. The van der Waals surface area contributed by atoms with Crippen molar-refractivity contribution in [1.29, 1.82) is 5.26 Å². The average Bonchev–Trinajstić information content (AvgIpc) is 3.34. The van der Waals surface area contributed by atoms with Crippen LogP contribution in [-0.2, 0) is 17.8 Å². The van der Waals surface area contributed by atoms with Gasteiger partial charge in [0.25, 0.3) is 0 Å². The van der Waals surface area contributed by atoms with Crippen LogP contribution in [0.15, 0.2) is 42.9 Å². The molecule has 34 heavy (non-hydrogen) atoms. The number of amides is 1. The van der Waals surface area contributed by atoms with E-state index in [0.29, 0.717) is 25.3 Å². The third kappa shape index (κ3) is 4.30. The molecule has 5 rings (SSSR count). The summed E-state index contributed by atoms with van der Waals surface area (Å²) >= 11 is 0. The first-order valence-electron chi connectivity index (χ1n) is 11.8. The summed E-state index contributed by atoms with van der Waals surface area (Å²) in [5.74, 6) is 0.726. The lowest BCUT2D eigenvalue weighted by atomic mass is 9.68. The van der Waals surface area contributed by atoms with Gasteiger partial charge >= 0.3 is 6.09 Å². The van der Waals surface area contributed by atoms with Crippen molar-refractivity contribution in [3.63, 3.8) is 0 Å². The second kappa shape index (κ2) is 8.64. The molecule has 1 amide bonds. The first kappa shape index (κ1) is 22.2. The highest BCUT2D eigenvalue weighted by molar-refractivity contribution is 5.77. The number of ether oxygens (including phenoxy) is 2. The lowest BCUT2D eigenvalue weighted by Gasteiger charge is -2.43. The molecule has 1 aromatic carbocycles. The maximum absolute atomic E-state index is 12.8. The number of benzene rings is 1. The zero-order valence-corrected chi connectivity index (χ0v) is 19.7. The fourth-order valence-corrected chi connectivity index (χ4v) is 5.58. The van der Waals surface area contributed by atoms with Crippen molar-refractivity contribution in [2.24, 2.45) is 5.41 Å². The van der Waals surface area contributed by atoms with Crippen LogP contribution in [0.5, 0.6) is 5.75 Å². The van der Waals surface area contributed by atoms with E-state index >= 15 is 0 Å². The van der Waals surface area contributed by atoms with Crippen LogP contribution in [-0.4, -0.2) is 44.3 Å². The number of hydrogen-bond donors (Lipinski definition) is 0. The number of nitrogens with zero attached hydrogens (tertiary/aromatic N) is 5. The molecule has 2 aliphatic rings. The van der Waals surface area contributed by atoms with Crippen molar-refractivity contribution in [2.75, 3.05) is 13.2 Å². The molecular weight excluding hydrogens is 430 g/mol. The highest BCUT2D eigenvalue weighted by Crippen LogP contribution is 2.47. The van der Waals surface area contributed by atoms with Crippen LogP contribution in [0.25, 0.3) is 11.0 Å². The van der Waals surface area contributed by atoms with Crippen molar-refractivity contribution in [3.05, 3.63) is 54.1 Å². The van der Waals surface area contributed by atoms with E-state index in [2.05, 4.69) is 27.5 Å². The monoisotopic (exact) mass is 459 g/mol. The molecule has 0 unspecified atom stereocenters. The van der Waals surface area contributed by atoms with Crippen LogP contribution in [0.2, 0.25) is 0 Å². The van der Waals surface area contributed by atoms with Crippen LogP contribution >= 0.6 is 0 Å². The largest absolute Gasteiger partial charge is 0.492 e. The Morgan fingerprint density at radius 3 is 2.88 bits per heavy atom. The number of rotatable bonds is 6. The molecule has 0 N–H and O–H groups in total. The van der Waals surface area contributed by atoms with E-state index < -0.39 is 5.60 Å². The number of pyridine rings is 1. The molecular formula is C26H29N5O3. The molecule has 2 fully saturated rings. The quantitative estimate of drug-likeness (QED) is 0.532. The van der Waals surface area contributed by atoms with E-state index in [1.54, 1.807) is 17.2 Å². The maximum Gasteiger partial charge on any atom is 0.410 e. The molecule has 1 aliphatic carbocycles. The summed E-state index contributed by atoms with van der Waals surface area (Å²) in [4.78, 5) is 23.5. The zero-order valence-electron chi connectivity index (χ0n) is 19.7. The Hall–Kier alpha value is -3.60. The minimum atomic E-state index is -0.483. The summed E-state index contributed by atoms with van der Waals surface area (Å²) in [6.45, 7) is 6.54. The van der Waals surface area contributed by atoms with Gasteiger partial charge in [0.15, 0.2) is 0 Å². The zero-order chi connectivity index (χ0) is 23.8. The Balaban J connectivity index is 1.30. The van der Waals surface area contributed by atoms with Crippen LogP contribution < -0.4 is 4.74 Å². The summed E-state index contributed by atoms with van der Waals surface area (Å²) in [6, 6.07) is 11.6. The van der Waals surface area contributed by atoms with Gasteiger partial charge in [-0.1, -0.05) is 6.92 Å². The first-order chi connectivity index (χ1) is 16.4. The average molecular weight is 460 g/mol. The van der Waals surface area contributed by atoms with Gasteiger partial charge in [-0.05, 0) is 68.4 Å². The molecule has 1 aliphatic heterocycles. The van der Waals surface area contributed by atoms with Gasteiger partial charge in [0, 0.05) is 6.54 Å². The number of hydrogen-bond acceptors (Lipinski definition) is 6. The third-order valence-electron chi connectivity index (χ3n) is 6.97. The van der Waals surface area contributed by atoms with Gasteiger partial charge in [-0.15, -0.1) is 0 Å². The van der Waals surface area contributed by atoms with Crippen molar-refractivity contribution in [3.8, 4) is 11.8 Å². The van der Waals surface area contributed by atoms with Crippen molar-refractivity contribution >= 4 is 17.1 Å². The molecule has 1 spiro atoms. The SMILES string of the molecule is CCOc1ccc(CN2C[C@@]3(CCC[C@](C)(Cn4cnc5ccc(C#N)cc54)C3)OC2=O)nc1. The van der Waals surface area contributed by atoms with Gasteiger partial charge in [0.05, 0.1) is 60.6 Å².